The second-order valence-electron chi connectivity index (χ2n) is 5.30. The van der Waals surface area contributed by atoms with Gasteiger partial charge in [0, 0.05) is 5.56 Å². The summed E-state index contributed by atoms with van der Waals surface area (Å²) < 4.78 is 41.6. The van der Waals surface area contributed by atoms with Gasteiger partial charge in [-0.3, -0.25) is 0 Å². The molecule has 0 bridgehead atoms. The zero-order chi connectivity index (χ0) is 14.5. The molecule has 0 amide bonds. The van der Waals surface area contributed by atoms with E-state index in [0.29, 0.717) is 11.5 Å². The van der Waals surface area contributed by atoms with E-state index in [2.05, 4.69) is 4.74 Å². The maximum atomic E-state index is 12.3. The second-order valence-corrected chi connectivity index (χ2v) is 5.30. The lowest BCUT2D eigenvalue weighted by molar-refractivity contribution is -0.192. The zero-order valence-corrected chi connectivity index (χ0v) is 10.8. The summed E-state index contributed by atoms with van der Waals surface area (Å²) in [6.45, 7) is 1.94. The molecule has 0 fully saturated rings. The number of alkyl halides is 3. The fourth-order valence-electron chi connectivity index (χ4n) is 3.16. The highest BCUT2D eigenvalue weighted by Crippen LogP contribution is 2.47. The minimum Gasteiger partial charge on any atom is -0.420 e. The molecule has 3 rings (SSSR count). The summed E-state index contributed by atoms with van der Waals surface area (Å²) >= 11 is 0. The van der Waals surface area contributed by atoms with Gasteiger partial charge in [0.1, 0.15) is 5.76 Å². The van der Waals surface area contributed by atoms with Gasteiger partial charge in [0.15, 0.2) is 0 Å². The van der Waals surface area contributed by atoms with Crippen LogP contribution in [0.25, 0.3) is 5.76 Å². The molecular formula is C15H13F3O2. The average Bonchev–Trinajstić information content (AvgIpc) is 2.79. The van der Waals surface area contributed by atoms with Crippen LogP contribution < -0.4 is 0 Å². The van der Waals surface area contributed by atoms with Crippen molar-refractivity contribution in [1.82, 2.24) is 0 Å². The molecule has 0 heterocycles. The molecular weight excluding hydrogens is 269 g/mol. The van der Waals surface area contributed by atoms with Gasteiger partial charge in [-0.05, 0) is 41.9 Å². The smallest absolute Gasteiger partial charge is 0.420 e. The number of ether oxygens (including phenoxy) is 1. The molecule has 2 nitrogen and oxygen atoms in total. The lowest BCUT2D eigenvalue weighted by Gasteiger charge is -2.27. The lowest BCUT2D eigenvalue weighted by atomic mass is 9.81. The molecule has 0 saturated heterocycles. The average molecular weight is 282 g/mol. The van der Waals surface area contributed by atoms with Crippen LogP contribution in [0.4, 0.5) is 13.2 Å². The Balaban J connectivity index is 2.00. The number of carbonyl (C=O) groups is 1. The first kappa shape index (κ1) is 13.2. The third kappa shape index (κ3) is 2.01. The number of aryl methyl sites for hydroxylation is 1. The highest BCUT2D eigenvalue weighted by atomic mass is 19.4. The van der Waals surface area contributed by atoms with Gasteiger partial charge >= 0.3 is 12.1 Å². The first-order chi connectivity index (χ1) is 9.38. The number of esters is 1. The highest BCUT2D eigenvalue weighted by Gasteiger charge is 2.43. The van der Waals surface area contributed by atoms with E-state index in [-0.39, 0.29) is 11.7 Å². The quantitative estimate of drug-likeness (QED) is 0.732. The van der Waals surface area contributed by atoms with Gasteiger partial charge in [0.2, 0.25) is 0 Å². The van der Waals surface area contributed by atoms with Crippen LogP contribution in [-0.2, 0) is 16.0 Å². The molecule has 0 aromatic heterocycles. The van der Waals surface area contributed by atoms with E-state index < -0.39 is 12.1 Å². The van der Waals surface area contributed by atoms with Crippen LogP contribution in [0.1, 0.15) is 36.0 Å². The number of rotatable bonds is 1. The van der Waals surface area contributed by atoms with Crippen molar-refractivity contribution < 1.29 is 22.7 Å². The molecule has 0 aliphatic heterocycles. The van der Waals surface area contributed by atoms with Crippen molar-refractivity contribution in [1.29, 1.82) is 0 Å². The van der Waals surface area contributed by atoms with Crippen LogP contribution >= 0.6 is 0 Å². The van der Waals surface area contributed by atoms with Gasteiger partial charge in [0.25, 0.3) is 0 Å². The minimum atomic E-state index is -4.97. The van der Waals surface area contributed by atoms with Crippen LogP contribution in [-0.4, -0.2) is 12.1 Å². The summed E-state index contributed by atoms with van der Waals surface area (Å²) in [6.07, 6.45) is -1.43. The van der Waals surface area contributed by atoms with Gasteiger partial charge in [-0.1, -0.05) is 25.1 Å². The van der Waals surface area contributed by atoms with Gasteiger partial charge < -0.3 is 4.74 Å². The van der Waals surface area contributed by atoms with Crippen molar-refractivity contribution in [2.45, 2.75) is 31.9 Å². The number of halogens is 3. The highest BCUT2D eigenvalue weighted by molar-refractivity contribution is 5.84. The van der Waals surface area contributed by atoms with E-state index in [1.54, 1.807) is 18.2 Å². The molecule has 1 aromatic rings. The predicted molar refractivity (Wildman–Crippen MR) is 66.8 cm³/mol. The lowest BCUT2D eigenvalue weighted by Crippen LogP contribution is -2.26. The van der Waals surface area contributed by atoms with Crippen LogP contribution in [0.2, 0.25) is 0 Å². The van der Waals surface area contributed by atoms with Crippen LogP contribution in [0, 0.1) is 5.92 Å². The first-order valence-corrected chi connectivity index (χ1v) is 6.51. The molecule has 5 heteroatoms. The van der Waals surface area contributed by atoms with E-state index >= 15 is 0 Å². The SMILES string of the molecule is CC1C=C(OC(=O)C(F)(F)F)c2cccc3c2C1CC3. The Morgan fingerprint density at radius 1 is 1.35 bits per heavy atom. The van der Waals surface area contributed by atoms with E-state index in [1.165, 1.54) is 0 Å². The fourth-order valence-corrected chi connectivity index (χ4v) is 3.16. The van der Waals surface area contributed by atoms with Gasteiger partial charge in [0.05, 0.1) is 0 Å². The molecule has 0 radical (unpaired) electrons. The summed E-state index contributed by atoms with van der Waals surface area (Å²) in [5.74, 6) is -1.74. The topological polar surface area (TPSA) is 26.3 Å². The van der Waals surface area contributed by atoms with Crippen LogP contribution in [0.5, 0.6) is 0 Å². The first-order valence-electron chi connectivity index (χ1n) is 6.51. The maximum Gasteiger partial charge on any atom is 0.491 e. The van der Waals surface area contributed by atoms with Crippen molar-refractivity contribution in [3.8, 4) is 0 Å². The fraction of sp³-hybridized carbons (Fsp3) is 0.400. The molecule has 2 atom stereocenters. The third-order valence-electron chi connectivity index (χ3n) is 4.04. The van der Waals surface area contributed by atoms with Gasteiger partial charge in [-0.2, -0.15) is 13.2 Å². The molecule has 0 N–H and O–H groups in total. The van der Waals surface area contributed by atoms with E-state index in [0.717, 1.165) is 24.0 Å². The Bertz CT molecular complexity index is 602. The van der Waals surface area contributed by atoms with Crippen molar-refractivity contribution in [2.24, 2.45) is 5.92 Å². The second kappa shape index (κ2) is 4.36. The zero-order valence-electron chi connectivity index (χ0n) is 10.8. The summed E-state index contributed by atoms with van der Waals surface area (Å²) in [5, 5.41) is 0. The molecule has 0 saturated carbocycles. The number of carbonyl (C=O) groups excluding carboxylic acids is 1. The van der Waals surface area contributed by atoms with E-state index in [1.807, 2.05) is 13.0 Å². The van der Waals surface area contributed by atoms with Gasteiger partial charge in [-0.15, -0.1) is 0 Å². The van der Waals surface area contributed by atoms with Crippen molar-refractivity contribution in [3.63, 3.8) is 0 Å². The Morgan fingerprint density at radius 3 is 2.80 bits per heavy atom. The van der Waals surface area contributed by atoms with E-state index in [4.69, 9.17) is 0 Å². The molecule has 2 aliphatic carbocycles. The van der Waals surface area contributed by atoms with Crippen LogP contribution in [0.15, 0.2) is 24.3 Å². The molecule has 106 valence electrons. The summed E-state index contributed by atoms with van der Waals surface area (Å²) in [4.78, 5) is 11.0. The van der Waals surface area contributed by atoms with Crippen molar-refractivity contribution >= 4 is 11.7 Å². The summed E-state index contributed by atoms with van der Waals surface area (Å²) in [7, 11) is 0. The molecule has 2 unspecified atom stereocenters. The predicted octanol–water partition coefficient (Wildman–Crippen LogP) is 3.81. The Morgan fingerprint density at radius 2 is 2.10 bits per heavy atom. The van der Waals surface area contributed by atoms with Crippen molar-refractivity contribution in [2.75, 3.05) is 0 Å². The standard InChI is InChI=1S/C15H13F3O2/c1-8-7-12(20-14(19)15(16,17)18)11-4-2-3-9-5-6-10(8)13(9)11/h2-4,7-8,10H,5-6H2,1H3. The monoisotopic (exact) mass is 282 g/mol. The van der Waals surface area contributed by atoms with Crippen molar-refractivity contribution in [3.05, 3.63) is 41.0 Å². The van der Waals surface area contributed by atoms with E-state index in [9.17, 15) is 18.0 Å². The molecule has 1 aromatic carbocycles. The normalized spacial score (nSPS) is 24.1. The summed E-state index contributed by atoms with van der Waals surface area (Å²) in [6, 6.07) is 5.50. The summed E-state index contributed by atoms with van der Waals surface area (Å²) in [5.41, 5.74) is 2.82. The molecule has 0 spiro atoms. The van der Waals surface area contributed by atoms with Crippen LogP contribution in [0.3, 0.4) is 0 Å². The third-order valence-corrected chi connectivity index (χ3v) is 4.04. The largest absolute Gasteiger partial charge is 0.491 e. The molecule has 2 aliphatic rings. The number of benzene rings is 1. The Hall–Kier alpha value is -1.78. The Kier molecular flexibility index (Phi) is 2.88. The number of allylic oxidation sites excluding steroid dienone is 1. The maximum absolute atomic E-state index is 12.3. The molecule has 20 heavy (non-hydrogen) atoms. The Labute approximate surface area is 114 Å². The number of hydrogen-bond donors (Lipinski definition) is 0. The minimum absolute atomic E-state index is 0.0369. The number of hydrogen-bond acceptors (Lipinski definition) is 2. The van der Waals surface area contributed by atoms with Gasteiger partial charge in [-0.25, -0.2) is 4.79 Å².